The number of rotatable bonds is 20. The van der Waals surface area contributed by atoms with E-state index in [0.29, 0.717) is 0 Å². The third kappa shape index (κ3) is 7.16. The number of carbonyl (C=O) groups excluding carboxylic acids is 2. The van der Waals surface area contributed by atoms with Crippen LogP contribution in [0, 0.1) is 0 Å². The van der Waals surface area contributed by atoms with Crippen molar-refractivity contribution in [2.75, 3.05) is 27.2 Å². The Labute approximate surface area is 283 Å². The number of alkyl halides is 29. The second-order valence-corrected chi connectivity index (χ2v) is 11.6. The van der Waals surface area contributed by atoms with Crippen molar-refractivity contribution >= 4 is 12.8 Å². The molecule has 0 aliphatic heterocycles. The van der Waals surface area contributed by atoms with Gasteiger partial charge in [-0.3, -0.25) is 9.59 Å². The molecule has 0 aromatic heterocycles. The first-order chi connectivity index (χ1) is 23.4. The average Bonchev–Trinajstić information content (AvgIpc) is 2.94. The fraction of sp³-hybridized carbons (Fsp3) is 0.909. The van der Waals surface area contributed by atoms with Gasteiger partial charge in [0, 0.05) is 0 Å². The SMILES string of the molecule is C[N+](C)(CC=O)CC(CC(F)(F)C(F)(F)C(F)(F)C(F)(F)C(F)(F)C(F)(F)C(F)(F)C(F)(F)C(F)(F)C(F)(F)C(F)(F)C(F)(F)C(F)(F)C(F)(F)F)OC=O. The number of hydrogen-bond acceptors (Lipinski definition) is 3. The van der Waals surface area contributed by atoms with E-state index in [0.717, 1.165) is 14.1 Å². The fourth-order valence-electron chi connectivity index (χ4n) is 3.86. The molecule has 0 heterocycles. The van der Waals surface area contributed by atoms with Crippen LogP contribution in [0.25, 0.3) is 0 Å². The van der Waals surface area contributed by atoms with Gasteiger partial charge in [-0.15, -0.1) is 0 Å². The first-order valence-electron chi connectivity index (χ1n) is 12.8. The summed E-state index contributed by atoms with van der Waals surface area (Å²) in [6.45, 7) is -3.31. The van der Waals surface area contributed by atoms with Gasteiger partial charge in [-0.05, 0) is 0 Å². The third-order valence-electron chi connectivity index (χ3n) is 7.15. The molecular formula is C22H15F29NO3+. The number of quaternary nitrogens is 1. The highest BCUT2D eigenvalue weighted by Crippen LogP contribution is 2.69. The first-order valence-corrected chi connectivity index (χ1v) is 12.8. The molecule has 33 heteroatoms. The molecule has 0 radical (unpaired) electrons. The topological polar surface area (TPSA) is 43.4 Å². The van der Waals surface area contributed by atoms with Crippen LogP contribution in [0.2, 0.25) is 0 Å². The quantitative estimate of drug-likeness (QED) is 0.0697. The van der Waals surface area contributed by atoms with Crippen molar-refractivity contribution in [3.8, 4) is 0 Å². The van der Waals surface area contributed by atoms with Crippen LogP contribution < -0.4 is 0 Å². The predicted molar refractivity (Wildman–Crippen MR) is 114 cm³/mol. The van der Waals surface area contributed by atoms with E-state index in [4.69, 9.17) is 0 Å². The fourth-order valence-corrected chi connectivity index (χ4v) is 3.86. The Hall–Kier alpha value is -2.93. The van der Waals surface area contributed by atoms with E-state index in [1.807, 2.05) is 0 Å². The maximum atomic E-state index is 14.3. The zero-order chi connectivity index (χ0) is 45.3. The van der Waals surface area contributed by atoms with Gasteiger partial charge in [0.2, 0.25) is 0 Å². The molecule has 1 unspecified atom stereocenters. The molecule has 0 saturated carbocycles. The smallest absolute Gasteiger partial charge is 0.458 e. The molecule has 1 atom stereocenters. The molecule has 55 heavy (non-hydrogen) atoms. The van der Waals surface area contributed by atoms with Gasteiger partial charge < -0.3 is 9.22 Å². The highest BCUT2D eigenvalue weighted by atomic mass is 19.4. The normalized spacial score (nSPS) is 16.9. The number of carbonyl (C=O) groups is 2. The van der Waals surface area contributed by atoms with Crippen LogP contribution in [-0.2, 0) is 14.3 Å². The number of nitrogens with zero attached hydrogens (tertiary/aromatic N) is 1. The van der Waals surface area contributed by atoms with Crippen molar-refractivity contribution in [3.05, 3.63) is 0 Å². The molecule has 0 rings (SSSR count). The molecule has 328 valence electrons. The minimum atomic E-state index is -9.99. The summed E-state index contributed by atoms with van der Waals surface area (Å²) in [6, 6.07) is 0. The first kappa shape index (κ1) is 52.1. The summed E-state index contributed by atoms with van der Waals surface area (Å²) < 4.78 is 399. The lowest BCUT2D eigenvalue weighted by atomic mass is 9.83. The summed E-state index contributed by atoms with van der Waals surface area (Å²) in [5, 5.41) is 0. The van der Waals surface area contributed by atoms with E-state index in [1.54, 1.807) is 0 Å². The molecule has 0 saturated heterocycles. The Bertz CT molecular complexity index is 1380. The van der Waals surface area contributed by atoms with Crippen LogP contribution in [0.5, 0.6) is 0 Å². The van der Waals surface area contributed by atoms with Crippen LogP contribution in [0.4, 0.5) is 127 Å². The molecule has 0 N–H and O–H groups in total. The molecule has 0 spiro atoms. The number of ether oxygens (including phenoxy) is 1. The summed E-state index contributed by atoms with van der Waals surface area (Å²) in [5.74, 6) is -121. The van der Waals surface area contributed by atoms with Crippen LogP contribution in [-0.4, -0.2) is 134 Å². The zero-order valence-electron chi connectivity index (χ0n) is 25.5. The van der Waals surface area contributed by atoms with Gasteiger partial charge in [0.15, 0.2) is 12.4 Å². The summed E-state index contributed by atoms with van der Waals surface area (Å²) in [5.41, 5.74) is 0. The summed E-state index contributed by atoms with van der Waals surface area (Å²) >= 11 is 0. The van der Waals surface area contributed by atoms with Crippen molar-refractivity contribution in [1.82, 2.24) is 0 Å². The van der Waals surface area contributed by atoms with E-state index in [9.17, 15) is 137 Å². The largest absolute Gasteiger partial charge is 0.460 e. The van der Waals surface area contributed by atoms with Crippen LogP contribution >= 0.6 is 0 Å². The lowest BCUT2D eigenvalue weighted by Crippen LogP contribution is -2.79. The van der Waals surface area contributed by atoms with E-state index in [2.05, 4.69) is 4.74 Å². The van der Waals surface area contributed by atoms with Crippen LogP contribution in [0.1, 0.15) is 6.42 Å². The molecule has 0 aliphatic rings. The van der Waals surface area contributed by atoms with Crippen molar-refractivity contribution in [3.63, 3.8) is 0 Å². The molecule has 0 aromatic rings. The minimum absolute atomic E-state index is 0.0921. The van der Waals surface area contributed by atoms with Gasteiger partial charge >= 0.3 is 83.2 Å². The Balaban J connectivity index is 7.49. The second kappa shape index (κ2) is 13.9. The summed E-state index contributed by atoms with van der Waals surface area (Å²) in [4.78, 5) is 21.1. The Morgan fingerprint density at radius 3 is 0.873 bits per heavy atom. The van der Waals surface area contributed by atoms with Gasteiger partial charge in [-0.1, -0.05) is 0 Å². The van der Waals surface area contributed by atoms with Gasteiger partial charge in [-0.2, -0.15) is 127 Å². The second-order valence-electron chi connectivity index (χ2n) is 11.6. The number of aldehydes is 1. The van der Waals surface area contributed by atoms with Gasteiger partial charge in [0.05, 0.1) is 20.5 Å². The molecule has 0 aliphatic carbocycles. The standard InChI is InChI=1S/C22H15F29NO3/c1-52(2,3-4-53)6-8(55-7-54)5-9(23,24)10(25,26)11(27,28)12(29,30)13(31,32)14(33,34)15(35,36)16(37,38)17(39,40)18(41,42)19(43,44)20(45,46)21(47,48)22(49,50)51/h4,7-8H,3,5-6H2,1-2H3/q+1. The van der Waals surface area contributed by atoms with Crippen molar-refractivity contribution in [1.29, 1.82) is 0 Å². The van der Waals surface area contributed by atoms with E-state index in [-0.39, 0.29) is 6.29 Å². The van der Waals surface area contributed by atoms with Gasteiger partial charge in [-0.25, -0.2) is 0 Å². The van der Waals surface area contributed by atoms with Crippen LogP contribution in [0.3, 0.4) is 0 Å². The average molecular weight is 892 g/mol. The summed E-state index contributed by atoms with van der Waals surface area (Å²) in [6.07, 6.45) is -14.8. The van der Waals surface area contributed by atoms with Crippen LogP contribution in [0.15, 0.2) is 0 Å². The predicted octanol–water partition coefficient (Wildman–Crippen LogP) is 9.01. The molecule has 0 aromatic carbocycles. The van der Waals surface area contributed by atoms with Crippen molar-refractivity contribution in [2.24, 2.45) is 0 Å². The lowest BCUT2D eigenvalue weighted by molar-refractivity contribution is -0.884. The number of hydrogen-bond donors (Lipinski definition) is 0. The molecule has 0 amide bonds. The van der Waals surface area contributed by atoms with Crippen molar-refractivity contribution in [2.45, 2.75) is 95.7 Å². The van der Waals surface area contributed by atoms with E-state index < -0.39 is 120 Å². The van der Waals surface area contributed by atoms with E-state index in [1.165, 1.54) is 0 Å². The molecule has 0 bridgehead atoms. The molecular weight excluding hydrogens is 877 g/mol. The molecule has 4 nitrogen and oxygen atoms in total. The maximum absolute atomic E-state index is 14.3. The number of halogens is 29. The van der Waals surface area contributed by atoms with Crippen molar-refractivity contribution < 1.29 is 146 Å². The summed E-state index contributed by atoms with van der Waals surface area (Å²) in [7, 11) is 1.52. The third-order valence-corrected chi connectivity index (χ3v) is 7.15. The zero-order valence-corrected chi connectivity index (χ0v) is 25.5. The lowest BCUT2D eigenvalue weighted by Gasteiger charge is -2.46. The Morgan fingerprint density at radius 2 is 0.655 bits per heavy atom. The number of likely N-dealkylation sites (N-methyl/N-ethyl adjacent to an activating group) is 1. The highest BCUT2D eigenvalue weighted by Gasteiger charge is 3.00. The monoisotopic (exact) mass is 892 g/mol. The Kier molecular flexibility index (Phi) is 13.1. The minimum Gasteiger partial charge on any atom is -0.458 e. The Morgan fingerprint density at radius 1 is 0.418 bits per heavy atom. The van der Waals surface area contributed by atoms with Gasteiger partial charge in [0.1, 0.15) is 13.1 Å². The van der Waals surface area contributed by atoms with E-state index >= 15 is 0 Å². The highest BCUT2D eigenvalue weighted by molar-refractivity contribution is 5.50. The van der Waals surface area contributed by atoms with Gasteiger partial charge in [0.25, 0.3) is 6.47 Å². The maximum Gasteiger partial charge on any atom is 0.460 e. The molecule has 0 fully saturated rings.